The summed E-state index contributed by atoms with van der Waals surface area (Å²) in [7, 11) is 1.60. The molecule has 0 saturated carbocycles. The highest BCUT2D eigenvalue weighted by atomic mass is 16.5. The first-order valence-electron chi connectivity index (χ1n) is 6.20. The molecule has 0 atom stereocenters. The van der Waals surface area contributed by atoms with E-state index < -0.39 is 0 Å². The van der Waals surface area contributed by atoms with E-state index in [0.29, 0.717) is 18.1 Å². The van der Waals surface area contributed by atoms with Crippen molar-refractivity contribution in [2.24, 2.45) is 0 Å². The zero-order valence-electron chi connectivity index (χ0n) is 10.7. The summed E-state index contributed by atoms with van der Waals surface area (Å²) in [6, 6.07) is 6.23. The Morgan fingerprint density at radius 1 is 1.42 bits per heavy atom. The number of hydrogen-bond acceptors (Lipinski definition) is 5. The fourth-order valence-electron chi connectivity index (χ4n) is 2.20. The third kappa shape index (κ3) is 2.31. The number of nitrogens with zero attached hydrogens (tertiary/aromatic N) is 2. The summed E-state index contributed by atoms with van der Waals surface area (Å²) >= 11 is 0. The van der Waals surface area contributed by atoms with Crippen LogP contribution in [0.5, 0.6) is 11.5 Å². The summed E-state index contributed by atoms with van der Waals surface area (Å²) in [5, 5.41) is 3.25. The van der Waals surface area contributed by atoms with Gasteiger partial charge in [0.2, 0.25) is 0 Å². The summed E-state index contributed by atoms with van der Waals surface area (Å²) in [6.45, 7) is 1.42. The van der Waals surface area contributed by atoms with Gasteiger partial charge >= 0.3 is 0 Å². The zero-order valence-corrected chi connectivity index (χ0v) is 10.7. The molecule has 1 N–H and O–H groups in total. The molecule has 5 nitrogen and oxygen atoms in total. The average Bonchev–Trinajstić information content (AvgIpc) is 2.94. The van der Waals surface area contributed by atoms with E-state index in [-0.39, 0.29) is 0 Å². The maximum atomic E-state index is 5.67. The molecule has 1 aliphatic rings. The van der Waals surface area contributed by atoms with Crippen LogP contribution in [0.2, 0.25) is 0 Å². The summed E-state index contributed by atoms with van der Waals surface area (Å²) in [6.07, 6.45) is 4.12. The Labute approximate surface area is 111 Å². The Morgan fingerprint density at radius 2 is 2.37 bits per heavy atom. The minimum Gasteiger partial charge on any atom is -0.493 e. The third-order valence-electron chi connectivity index (χ3n) is 3.14. The van der Waals surface area contributed by atoms with Gasteiger partial charge in [-0.05, 0) is 5.56 Å². The number of anilines is 1. The van der Waals surface area contributed by atoms with Gasteiger partial charge in [-0.2, -0.15) is 0 Å². The summed E-state index contributed by atoms with van der Waals surface area (Å²) in [4.78, 5) is 8.10. The van der Waals surface area contributed by atoms with Gasteiger partial charge in [0, 0.05) is 18.5 Å². The Bertz CT molecular complexity index is 587. The van der Waals surface area contributed by atoms with Crippen LogP contribution in [0.4, 0.5) is 5.82 Å². The molecular formula is C14H15N3O2. The lowest BCUT2D eigenvalue weighted by Gasteiger charge is -2.11. The Hall–Kier alpha value is -2.30. The molecule has 0 aliphatic carbocycles. The molecule has 1 aromatic carbocycles. The highest BCUT2D eigenvalue weighted by Gasteiger charge is 2.15. The molecule has 0 fully saturated rings. The monoisotopic (exact) mass is 257 g/mol. The summed E-state index contributed by atoms with van der Waals surface area (Å²) < 4.78 is 10.9. The molecule has 1 aromatic heterocycles. The van der Waals surface area contributed by atoms with Gasteiger partial charge in [0.05, 0.1) is 19.9 Å². The van der Waals surface area contributed by atoms with Crippen molar-refractivity contribution < 1.29 is 9.47 Å². The quantitative estimate of drug-likeness (QED) is 0.908. The number of methoxy groups -OCH3 is 1. The van der Waals surface area contributed by atoms with E-state index in [1.54, 1.807) is 13.3 Å². The van der Waals surface area contributed by atoms with Gasteiger partial charge < -0.3 is 14.8 Å². The lowest BCUT2D eigenvalue weighted by atomic mass is 10.1. The highest BCUT2D eigenvalue weighted by Crippen LogP contribution is 2.30. The van der Waals surface area contributed by atoms with Crippen LogP contribution in [0.1, 0.15) is 11.1 Å². The van der Waals surface area contributed by atoms with E-state index in [4.69, 9.17) is 9.47 Å². The second-order valence-corrected chi connectivity index (χ2v) is 4.30. The number of aromatic nitrogens is 2. The molecule has 3 rings (SSSR count). The molecule has 0 unspecified atom stereocenters. The van der Waals surface area contributed by atoms with Gasteiger partial charge in [-0.3, -0.25) is 0 Å². The molecule has 0 bridgehead atoms. The van der Waals surface area contributed by atoms with Crippen LogP contribution < -0.4 is 14.8 Å². The number of benzene rings is 1. The standard InChI is InChI=1S/C14H15N3O2/c1-18-12-8-15-9-17-14(12)16-7-11-4-2-3-10-5-6-19-13(10)11/h2-4,8-9H,5-7H2,1H3,(H,15,16,17). The Kier molecular flexibility index (Phi) is 3.18. The predicted octanol–water partition coefficient (Wildman–Crippen LogP) is 2.03. The van der Waals surface area contributed by atoms with E-state index in [1.807, 2.05) is 0 Å². The van der Waals surface area contributed by atoms with Crippen LogP contribution in [-0.4, -0.2) is 23.7 Å². The number of hydrogen-bond donors (Lipinski definition) is 1. The number of para-hydroxylation sites is 1. The molecule has 0 radical (unpaired) electrons. The topological polar surface area (TPSA) is 56.3 Å². The number of rotatable bonds is 4. The highest BCUT2D eigenvalue weighted by molar-refractivity contribution is 5.50. The van der Waals surface area contributed by atoms with Gasteiger partial charge in [-0.15, -0.1) is 0 Å². The maximum absolute atomic E-state index is 5.67. The first-order valence-corrected chi connectivity index (χ1v) is 6.20. The Balaban J connectivity index is 1.78. The summed E-state index contributed by atoms with van der Waals surface area (Å²) in [5.74, 6) is 2.33. The van der Waals surface area contributed by atoms with Crippen molar-refractivity contribution in [2.45, 2.75) is 13.0 Å². The van der Waals surface area contributed by atoms with Crippen LogP contribution in [0.15, 0.2) is 30.7 Å². The van der Waals surface area contributed by atoms with E-state index >= 15 is 0 Å². The molecule has 19 heavy (non-hydrogen) atoms. The fraction of sp³-hybridized carbons (Fsp3) is 0.286. The number of fused-ring (bicyclic) bond motifs is 1. The van der Waals surface area contributed by atoms with Gasteiger partial charge in [0.15, 0.2) is 11.6 Å². The lowest BCUT2D eigenvalue weighted by Crippen LogP contribution is -2.05. The van der Waals surface area contributed by atoms with Gasteiger partial charge in [0.1, 0.15) is 12.1 Å². The normalized spacial score (nSPS) is 12.7. The lowest BCUT2D eigenvalue weighted by molar-refractivity contribution is 0.354. The van der Waals surface area contributed by atoms with Crippen molar-refractivity contribution in [3.8, 4) is 11.5 Å². The Morgan fingerprint density at radius 3 is 3.26 bits per heavy atom. The van der Waals surface area contributed by atoms with Gasteiger partial charge in [-0.1, -0.05) is 18.2 Å². The molecule has 2 aromatic rings. The molecule has 1 aliphatic heterocycles. The molecule has 0 saturated heterocycles. The molecule has 5 heteroatoms. The van der Waals surface area contributed by atoms with E-state index in [1.165, 1.54) is 11.9 Å². The maximum Gasteiger partial charge on any atom is 0.179 e. The minimum absolute atomic E-state index is 0.635. The second kappa shape index (κ2) is 5.14. The van der Waals surface area contributed by atoms with Crippen LogP contribution in [0, 0.1) is 0 Å². The van der Waals surface area contributed by atoms with Crippen LogP contribution >= 0.6 is 0 Å². The molecule has 0 spiro atoms. The molecule has 0 amide bonds. The van der Waals surface area contributed by atoms with E-state index in [9.17, 15) is 0 Å². The van der Waals surface area contributed by atoms with Crippen molar-refractivity contribution in [1.82, 2.24) is 9.97 Å². The van der Waals surface area contributed by atoms with Crippen LogP contribution in [-0.2, 0) is 13.0 Å². The van der Waals surface area contributed by atoms with Crippen molar-refractivity contribution in [1.29, 1.82) is 0 Å². The number of nitrogens with one attached hydrogen (secondary N) is 1. The second-order valence-electron chi connectivity index (χ2n) is 4.30. The predicted molar refractivity (Wildman–Crippen MR) is 71.6 cm³/mol. The van der Waals surface area contributed by atoms with Gasteiger partial charge in [0.25, 0.3) is 0 Å². The molecule has 98 valence electrons. The average molecular weight is 257 g/mol. The zero-order chi connectivity index (χ0) is 13.1. The number of ether oxygens (including phenoxy) is 2. The van der Waals surface area contributed by atoms with Crippen molar-refractivity contribution in [3.05, 3.63) is 41.9 Å². The third-order valence-corrected chi connectivity index (χ3v) is 3.14. The smallest absolute Gasteiger partial charge is 0.179 e. The fourth-order valence-corrected chi connectivity index (χ4v) is 2.20. The SMILES string of the molecule is COc1cncnc1NCc1cccc2c1OCC2. The van der Waals surface area contributed by atoms with Crippen molar-refractivity contribution >= 4 is 5.82 Å². The minimum atomic E-state index is 0.635. The summed E-state index contributed by atoms with van der Waals surface area (Å²) in [5.41, 5.74) is 2.41. The first kappa shape index (κ1) is 11.8. The van der Waals surface area contributed by atoms with Crippen molar-refractivity contribution in [2.75, 3.05) is 19.0 Å². The van der Waals surface area contributed by atoms with Crippen LogP contribution in [0.3, 0.4) is 0 Å². The van der Waals surface area contributed by atoms with E-state index in [2.05, 4.69) is 33.5 Å². The van der Waals surface area contributed by atoms with Crippen LogP contribution in [0.25, 0.3) is 0 Å². The van der Waals surface area contributed by atoms with Gasteiger partial charge in [-0.25, -0.2) is 9.97 Å². The largest absolute Gasteiger partial charge is 0.493 e. The van der Waals surface area contributed by atoms with Crippen molar-refractivity contribution in [3.63, 3.8) is 0 Å². The first-order chi connectivity index (χ1) is 9.38. The molecular weight excluding hydrogens is 242 g/mol. The van der Waals surface area contributed by atoms with E-state index in [0.717, 1.165) is 24.3 Å². The molecule has 2 heterocycles.